The zero-order valence-electron chi connectivity index (χ0n) is 16.1. The van der Waals surface area contributed by atoms with Gasteiger partial charge in [0, 0.05) is 33.2 Å². The molecule has 27 heavy (non-hydrogen) atoms. The molecule has 0 N–H and O–H groups in total. The van der Waals surface area contributed by atoms with Crippen molar-refractivity contribution in [3.05, 3.63) is 56.7 Å². The number of fused-ring (bicyclic) bond motifs is 3. The van der Waals surface area contributed by atoms with E-state index in [4.69, 9.17) is 4.98 Å². The predicted octanol–water partition coefficient (Wildman–Crippen LogP) is 1.96. The molecule has 7 nitrogen and oxygen atoms in total. The molecule has 1 aliphatic rings. The van der Waals surface area contributed by atoms with Crippen LogP contribution in [-0.2, 0) is 26.7 Å². The molecule has 1 aliphatic heterocycles. The van der Waals surface area contributed by atoms with Crippen LogP contribution in [0, 0.1) is 5.92 Å². The van der Waals surface area contributed by atoms with E-state index < -0.39 is 0 Å². The number of benzene rings is 1. The highest BCUT2D eigenvalue weighted by Crippen LogP contribution is 2.28. The molecule has 4 rings (SSSR count). The first-order valence-electron chi connectivity index (χ1n) is 9.50. The highest BCUT2D eigenvalue weighted by molar-refractivity contribution is 5.75. The van der Waals surface area contributed by atoms with Gasteiger partial charge in [0.15, 0.2) is 11.2 Å². The lowest BCUT2D eigenvalue weighted by molar-refractivity contribution is 0.435. The zero-order valence-corrected chi connectivity index (χ0v) is 16.1. The van der Waals surface area contributed by atoms with E-state index >= 15 is 0 Å². The average Bonchev–Trinajstić information content (AvgIpc) is 3.04. The van der Waals surface area contributed by atoms with Gasteiger partial charge in [-0.05, 0) is 17.9 Å². The van der Waals surface area contributed by atoms with Crippen LogP contribution >= 0.6 is 0 Å². The van der Waals surface area contributed by atoms with Gasteiger partial charge in [0.05, 0.1) is 0 Å². The Bertz CT molecular complexity index is 1090. The van der Waals surface area contributed by atoms with E-state index in [1.54, 1.807) is 7.05 Å². The molecular formula is C20H25N5O2. The number of nitrogens with zero attached hydrogens (tertiary/aromatic N) is 5. The SMILES string of the molecule is CCCn1c(=O)c2c(nc3n2C[C@H](C)CN3Cc2ccccc2)n(C)c1=O. The van der Waals surface area contributed by atoms with Gasteiger partial charge in [-0.1, -0.05) is 44.2 Å². The van der Waals surface area contributed by atoms with Crippen LogP contribution in [0.4, 0.5) is 5.95 Å². The van der Waals surface area contributed by atoms with Crippen molar-refractivity contribution < 1.29 is 0 Å². The Morgan fingerprint density at radius 3 is 2.59 bits per heavy atom. The second kappa shape index (κ2) is 6.72. The van der Waals surface area contributed by atoms with E-state index in [0.29, 0.717) is 23.6 Å². The summed E-state index contributed by atoms with van der Waals surface area (Å²) in [4.78, 5) is 32.6. The molecule has 1 aromatic carbocycles. The lowest BCUT2D eigenvalue weighted by Gasteiger charge is -2.33. The van der Waals surface area contributed by atoms with Crippen molar-refractivity contribution in [3.63, 3.8) is 0 Å². The predicted molar refractivity (Wildman–Crippen MR) is 106 cm³/mol. The van der Waals surface area contributed by atoms with Crippen molar-refractivity contribution in [1.82, 2.24) is 18.7 Å². The number of rotatable bonds is 4. The first-order chi connectivity index (χ1) is 13.0. The zero-order chi connectivity index (χ0) is 19.1. The number of hydrogen-bond donors (Lipinski definition) is 0. The smallest absolute Gasteiger partial charge is 0.332 e. The average molecular weight is 367 g/mol. The molecule has 7 heteroatoms. The van der Waals surface area contributed by atoms with Gasteiger partial charge in [0.25, 0.3) is 5.56 Å². The lowest BCUT2D eigenvalue weighted by atomic mass is 10.1. The second-order valence-electron chi connectivity index (χ2n) is 7.46. The van der Waals surface area contributed by atoms with Gasteiger partial charge in [0.1, 0.15) is 0 Å². The van der Waals surface area contributed by atoms with Gasteiger partial charge in [-0.25, -0.2) is 4.79 Å². The van der Waals surface area contributed by atoms with Crippen molar-refractivity contribution in [3.8, 4) is 0 Å². The summed E-state index contributed by atoms with van der Waals surface area (Å²) < 4.78 is 4.83. The normalized spacial score (nSPS) is 16.7. The molecule has 2 aromatic heterocycles. The Hall–Kier alpha value is -2.83. The molecule has 0 unspecified atom stereocenters. The van der Waals surface area contributed by atoms with Crippen molar-refractivity contribution in [2.45, 2.75) is 39.9 Å². The summed E-state index contributed by atoms with van der Waals surface area (Å²) in [5.41, 5.74) is 1.67. The molecule has 0 amide bonds. The van der Waals surface area contributed by atoms with Gasteiger partial charge in [-0.2, -0.15) is 4.98 Å². The monoisotopic (exact) mass is 367 g/mol. The van der Waals surface area contributed by atoms with Gasteiger partial charge in [-0.3, -0.25) is 13.9 Å². The molecule has 0 bridgehead atoms. The Morgan fingerprint density at radius 1 is 1.15 bits per heavy atom. The van der Waals surface area contributed by atoms with Gasteiger partial charge >= 0.3 is 5.69 Å². The fraction of sp³-hybridized carbons (Fsp3) is 0.450. The van der Waals surface area contributed by atoms with E-state index in [0.717, 1.165) is 32.0 Å². The molecule has 0 spiro atoms. The number of aryl methyl sites for hydroxylation is 1. The maximum Gasteiger partial charge on any atom is 0.332 e. The minimum atomic E-state index is -0.299. The van der Waals surface area contributed by atoms with Crippen LogP contribution in [0.5, 0.6) is 0 Å². The van der Waals surface area contributed by atoms with Crippen molar-refractivity contribution in [2.24, 2.45) is 13.0 Å². The Labute approximate surface area is 157 Å². The van der Waals surface area contributed by atoms with E-state index in [-0.39, 0.29) is 11.2 Å². The van der Waals surface area contributed by atoms with E-state index in [9.17, 15) is 9.59 Å². The van der Waals surface area contributed by atoms with E-state index in [1.165, 1.54) is 14.7 Å². The fourth-order valence-electron chi connectivity index (χ4n) is 3.96. The summed E-state index contributed by atoms with van der Waals surface area (Å²) in [5, 5.41) is 0. The minimum Gasteiger partial charge on any atom is -0.338 e. The van der Waals surface area contributed by atoms with Gasteiger partial charge in [-0.15, -0.1) is 0 Å². The van der Waals surface area contributed by atoms with E-state index in [2.05, 4.69) is 24.0 Å². The summed E-state index contributed by atoms with van der Waals surface area (Å²) in [5.74, 6) is 1.16. The van der Waals surface area contributed by atoms with Crippen molar-refractivity contribution in [1.29, 1.82) is 0 Å². The maximum atomic E-state index is 13.1. The van der Waals surface area contributed by atoms with Crippen LogP contribution in [0.2, 0.25) is 0 Å². The van der Waals surface area contributed by atoms with Crippen LogP contribution in [-0.4, -0.2) is 25.2 Å². The molecule has 0 fully saturated rings. The molecule has 3 heterocycles. The highest BCUT2D eigenvalue weighted by atomic mass is 16.2. The quantitative estimate of drug-likeness (QED) is 0.707. The number of aromatic nitrogens is 4. The first kappa shape index (κ1) is 17.6. The van der Waals surface area contributed by atoms with Crippen LogP contribution in [0.25, 0.3) is 11.2 Å². The Morgan fingerprint density at radius 2 is 1.89 bits per heavy atom. The fourth-order valence-corrected chi connectivity index (χ4v) is 3.96. The van der Waals surface area contributed by atoms with Crippen molar-refractivity contribution >= 4 is 17.1 Å². The summed E-state index contributed by atoms with van der Waals surface area (Å²) in [6.07, 6.45) is 0.734. The highest BCUT2D eigenvalue weighted by Gasteiger charge is 2.28. The molecule has 1 atom stereocenters. The topological polar surface area (TPSA) is 65.1 Å². The third-order valence-corrected chi connectivity index (χ3v) is 5.18. The Balaban J connectivity index is 1.91. The lowest BCUT2D eigenvalue weighted by Crippen LogP contribution is -2.40. The van der Waals surface area contributed by atoms with Crippen molar-refractivity contribution in [2.75, 3.05) is 11.4 Å². The maximum absolute atomic E-state index is 13.1. The molecule has 142 valence electrons. The summed E-state index contributed by atoms with van der Waals surface area (Å²) in [7, 11) is 1.69. The molecule has 3 aromatic rings. The first-order valence-corrected chi connectivity index (χ1v) is 9.50. The van der Waals surface area contributed by atoms with Crippen LogP contribution in [0.1, 0.15) is 25.8 Å². The summed E-state index contributed by atoms with van der Waals surface area (Å²) in [6.45, 7) is 6.90. The van der Waals surface area contributed by atoms with E-state index in [1.807, 2.05) is 29.7 Å². The third kappa shape index (κ3) is 2.87. The number of hydrogen-bond acceptors (Lipinski definition) is 4. The summed E-state index contributed by atoms with van der Waals surface area (Å²) in [6, 6.07) is 10.2. The van der Waals surface area contributed by atoms with Gasteiger partial charge in [0.2, 0.25) is 5.95 Å². The van der Waals surface area contributed by atoms with Crippen LogP contribution in [0.3, 0.4) is 0 Å². The molecule has 0 saturated heterocycles. The molecule has 0 saturated carbocycles. The Kier molecular flexibility index (Phi) is 4.37. The second-order valence-corrected chi connectivity index (χ2v) is 7.46. The van der Waals surface area contributed by atoms with Crippen LogP contribution in [0.15, 0.2) is 39.9 Å². The number of anilines is 1. The largest absolute Gasteiger partial charge is 0.338 e. The molecule has 0 aliphatic carbocycles. The molecule has 0 radical (unpaired) electrons. The third-order valence-electron chi connectivity index (χ3n) is 5.18. The molecular weight excluding hydrogens is 342 g/mol. The standard InChI is InChI=1S/C20H25N5O2/c1-4-10-24-18(26)16-17(22(3)20(24)27)21-19-23(11-14(2)12-25(16)19)13-15-8-6-5-7-9-15/h5-9,14H,4,10-13H2,1-3H3/t14-/m1/s1. The van der Waals surface area contributed by atoms with Crippen LogP contribution < -0.4 is 16.1 Å². The summed E-state index contributed by atoms with van der Waals surface area (Å²) >= 11 is 0. The van der Waals surface area contributed by atoms with Gasteiger partial charge < -0.3 is 9.47 Å². The minimum absolute atomic E-state index is 0.234. The number of imidazole rings is 1.